The van der Waals surface area contributed by atoms with Crippen molar-refractivity contribution in [2.24, 2.45) is 5.92 Å². The number of carbonyl (C=O) groups excluding carboxylic acids is 1. The first kappa shape index (κ1) is 16.1. The third-order valence-corrected chi connectivity index (χ3v) is 4.12. The van der Waals surface area contributed by atoms with Gasteiger partial charge in [-0.15, -0.1) is 0 Å². The number of carboxylic acid groups (broad SMARTS) is 1. The summed E-state index contributed by atoms with van der Waals surface area (Å²) < 4.78 is 5.27. The largest absolute Gasteiger partial charge is 0.465 e. The predicted molar refractivity (Wildman–Crippen MR) is 81.3 cm³/mol. The van der Waals surface area contributed by atoms with Crippen LogP contribution in [-0.4, -0.2) is 46.9 Å². The molecule has 0 aliphatic carbocycles. The monoisotopic (exact) mass is 306 g/mol. The Bertz CT molecular complexity index is 520. The molecule has 1 fully saturated rings. The molecule has 0 saturated carbocycles. The number of ether oxygens (including phenoxy) is 1. The van der Waals surface area contributed by atoms with Crippen LogP contribution >= 0.6 is 0 Å². The average molecular weight is 306 g/mol. The Morgan fingerprint density at radius 1 is 1.36 bits per heavy atom. The Morgan fingerprint density at radius 3 is 2.64 bits per heavy atom. The smallest absolute Gasteiger partial charge is 0.411 e. The fraction of sp³-hybridized carbons (Fsp3) is 0.500. The van der Waals surface area contributed by atoms with Gasteiger partial charge in [0.15, 0.2) is 0 Å². The molecule has 1 aromatic rings. The minimum atomic E-state index is -0.997. The Labute approximate surface area is 130 Å². The Morgan fingerprint density at radius 2 is 2.05 bits per heavy atom. The van der Waals surface area contributed by atoms with Gasteiger partial charge in [0, 0.05) is 13.6 Å². The van der Waals surface area contributed by atoms with E-state index < -0.39 is 18.4 Å². The molecule has 2 amide bonds. The second-order valence-corrected chi connectivity index (χ2v) is 5.58. The molecule has 120 valence electrons. The molecule has 0 radical (unpaired) electrons. The van der Waals surface area contributed by atoms with Crippen molar-refractivity contribution in [3.63, 3.8) is 0 Å². The molecule has 2 rings (SSSR count). The van der Waals surface area contributed by atoms with Gasteiger partial charge in [-0.3, -0.25) is 9.80 Å². The summed E-state index contributed by atoms with van der Waals surface area (Å²) in [4.78, 5) is 26.2. The topological polar surface area (TPSA) is 70.1 Å². The number of benzene rings is 1. The van der Waals surface area contributed by atoms with Crippen LogP contribution in [-0.2, 0) is 11.3 Å². The van der Waals surface area contributed by atoms with Crippen molar-refractivity contribution in [3.8, 4) is 0 Å². The lowest BCUT2D eigenvalue weighted by atomic mass is 10.1. The molecule has 2 atom stereocenters. The maximum atomic E-state index is 12.2. The SMILES string of the molecule is CCC1CC(N(C)C(=O)OCc2ccccc2)N(C(=O)O)C1. The number of likely N-dealkylation sites (tertiary alicyclic amines) is 1. The molecule has 1 heterocycles. The number of nitrogens with zero attached hydrogens (tertiary/aromatic N) is 2. The molecule has 1 saturated heterocycles. The molecule has 6 nitrogen and oxygen atoms in total. The van der Waals surface area contributed by atoms with Crippen molar-refractivity contribution in [2.75, 3.05) is 13.6 Å². The minimum Gasteiger partial charge on any atom is -0.465 e. The third kappa shape index (κ3) is 3.69. The highest BCUT2D eigenvalue weighted by molar-refractivity contribution is 5.70. The van der Waals surface area contributed by atoms with Crippen LogP contribution in [0.1, 0.15) is 25.3 Å². The van der Waals surface area contributed by atoms with Gasteiger partial charge in [-0.2, -0.15) is 0 Å². The number of amides is 2. The third-order valence-electron chi connectivity index (χ3n) is 4.12. The zero-order valence-corrected chi connectivity index (χ0v) is 12.9. The highest BCUT2D eigenvalue weighted by Crippen LogP contribution is 2.27. The molecule has 1 aromatic carbocycles. The van der Waals surface area contributed by atoms with Crippen LogP contribution in [0.15, 0.2) is 30.3 Å². The van der Waals surface area contributed by atoms with Gasteiger partial charge in [-0.1, -0.05) is 43.7 Å². The zero-order valence-electron chi connectivity index (χ0n) is 12.9. The molecule has 0 bridgehead atoms. The zero-order chi connectivity index (χ0) is 16.1. The number of rotatable bonds is 4. The van der Waals surface area contributed by atoms with Crippen molar-refractivity contribution in [2.45, 2.75) is 32.5 Å². The van der Waals surface area contributed by atoms with Gasteiger partial charge in [0.05, 0.1) is 0 Å². The van der Waals surface area contributed by atoms with Crippen LogP contribution in [0.5, 0.6) is 0 Å². The van der Waals surface area contributed by atoms with E-state index in [1.54, 1.807) is 7.05 Å². The first-order chi connectivity index (χ1) is 10.5. The van der Waals surface area contributed by atoms with E-state index >= 15 is 0 Å². The number of carbonyl (C=O) groups is 2. The van der Waals surface area contributed by atoms with Gasteiger partial charge in [-0.25, -0.2) is 9.59 Å². The van der Waals surface area contributed by atoms with Crippen molar-refractivity contribution >= 4 is 12.2 Å². The summed E-state index contributed by atoms with van der Waals surface area (Å²) in [5, 5.41) is 9.28. The summed E-state index contributed by atoms with van der Waals surface area (Å²) in [6.45, 7) is 2.68. The molecule has 2 unspecified atom stereocenters. The Hall–Kier alpha value is -2.24. The van der Waals surface area contributed by atoms with Gasteiger partial charge >= 0.3 is 12.2 Å². The van der Waals surface area contributed by atoms with Gasteiger partial charge in [-0.05, 0) is 17.9 Å². The maximum absolute atomic E-state index is 12.2. The fourth-order valence-electron chi connectivity index (χ4n) is 2.71. The van der Waals surface area contributed by atoms with Crippen molar-refractivity contribution in [3.05, 3.63) is 35.9 Å². The van der Waals surface area contributed by atoms with E-state index in [-0.39, 0.29) is 12.5 Å². The molecule has 0 spiro atoms. The molecule has 6 heteroatoms. The van der Waals surface area contributed by atoms with E-state index in [1.807, 2.05) is 37.3 Å². The molecular weight excluding hydrogens is 284 g/mol. The van der Waals surface area contributed by atoms with Crippen LogP contribution in [0, 0.1) is 5.92 Å². The van der Waals surface area contributed by atoms with Crippen LogP contribution < -0.4 is 0 Å². The first-order valence-electron chi connectivity index (χ1n) is 7.46. The lowest BCUT2D eigenvalue weighted by molar-refractivity contribution is 0.0546. The highest BCUT2D eigenvalue weighted by Gasteiger charge is 2.38. The van der Waals surface area contributed by atoms with Crippen LogP contribution in [0.2, 0.25) is 0 Å². The fourth-order valence-corrected chi connectivity index (χ4v) is 2.71. The van der Waals surface area contributed by atoms with Crippen molar-refractivity contribution in [1.29, 1.82) is 0 Å². The van der Waals surface area contributed by atoms with Crippen molar-refractivity contribution < 1.29 is 19.4 Å². The van der Waals surface area contributed by atoms with Gasteiger partial charge in [0.25, 0.3) is 0 Å². The van der Waals surface area contributed by atoms with Gasteiger partial charge in [0.2, 0.25) is 0 Å². The number of hydrogen-bond donors (Lipinski definition) is 1. The second-order valence-electron chi connectivity index (χ2n) is 5.58. The highest BCUT2D eigenvalue weighted by atomic mass is 16.6. The Kier molecular flexibility index (Phi) is 5.25. The van der Waals surface area contributed by atoms with Crippen molar-refractivity contribution in [1.82, 2.24) is 9.80 Å². The lowest BCUT2D eigenvalue weighted by Gasteiger charge is -2.29. The van der Waals surface area contributed by atoms with Crippen LogP contribution in [0.3, 0.4) is 0 Å². The van der Waals surface area contributed by atoms with E-state index in [0.717, 1.165) is 12.0 Å². The van der Waals surface area contributed by atoms with E-state index in [1.165, 1.54) is 9.80 Å². The summed E-state index contributed by atoms with van der Waals surface area (Å²) in [5.41, 5.74) is 0.900. The van der Waals surface area contributed by atoms with E-state index in [4.69, 9.17) is 4.74 Å². The summed E-state index contributed by atoms with van der Waals surface area (Å²) in [6.07, 6.45) is -0.404. The second kappa shape index (κ2) is 7.15. The summed E-state index contributed by atoms with van der Waals surface area (Å²) >= 11 is 0. The summed E-state index contributed by atoms with van der Waals surface area (Å²) in [5.74, 6) is 0.283. The Balaban J connectivity index is 1.95. The first-order valence-corrected chi connectivity index (χ1v) is 7.46. The number of hydrogen-bond acceptors (Lipinski definition) is 3. The summed E-state index contributed by atoms with van der Waals surface area (Å²) in [7, 11) is 1.59. The maximum Gasteiger partial charge on any atom is 0.411 e. The van der Waals surface area contributed by atoms with Gasteiger partial charge < -0.3 is 9.84 Å². The molecule has 1 N–H and O–H groups in total. The lowest BCUT2D eigenvalue weighted by Crippen LogP contribution is -2.47. The molecular formula is C16H22N2O4. The standard InChI is InChI=1S/C16H22N2O4/c1-3-12-9-14(18(10-12)15(19)20)17(2)16(21)22-11-13-7-5-4-6-8-13/h4-8,12,14H,3,9-11H2,1-2H3,(H,19,20). The van der Waals surface area contributed by atoms with E-state index in [9.17, 15) is 14.7 Å². The quantitative estimate of drug-likeness (QED) is 0.928. The normalized spacial score (nSPS) is 20.7. The minimum absolute atomic E-state index is 0.182. The van der Waals surface area contributed by atoms with Crippen LogP contribution in [0.25, 0.3) is 0 Å². The van der Waals surface area contributed by atoms with E-state index in [0.29, 0.717) is 13.0 Å². The summed E-state index contributed by atoms with van der Waals surface area (Å²) in [6, 6.07) is 9.40. The molecule has 0 aromatic heterocycles. The van der Waals surface area contributed by atoms with Gasteiger partial charge in [0.1, 0.15) is 12.8 Å². The van der Waals surface area contributed by atoms with Crippen LogP contribution in [0.4, 0.5) is 9.59 Å². The molecule has 1 aliphatic heterocycles. The predicted octanol–water partition coefficient (Wildman–Crippen LogP) is 2.99. The molecule has 22 heavy (non-hydrogen) atoms. The molecule has 1 aliphatic rings. The average Bonchev–Trinajstić information content (AvgIpc) is 2.97. The van der Waals surface area contributed by atoms with E-state index in [2.05, 4.69) is 0 Å².